The Labute approximate surface area is 138 Å². The summed E-state index contributed by atoms with van der Waals surface area (Å²) in [4.78, 5) is 19.8. The third-order valence-electron chi connectivity index (χ3n) is 3.40. The van der Waals surface area contributed by atoms with Crippen molar-refractivity contribution in [2.24, 2.45) is 5.73 Å². The number of amides is 1. The first-order valence-corrected chi connectivity index (χ1v) is 8.30. The van der Waals surface area contributed by atoms with E-state index in [-0.39, 0.29) is 5.91 Å². The molecule has 4 N–H and O–H groups in total. The van der Waals surface area contributed by atoms with Crippen molar-refractivity contribution in [3.05, 3.63) is 53.6 Å². The number of imidazole rings is 1. The first kappa shape index (κ1) is 15.6. The van der Waals surface area contributed by atoms with Gasteiger partial charge in [-0.05, 0) is 42.3 Å². The molecular weight excluding hydrogens is 308 g/mol. The predicted molar refractivity (Wildman–Crippen MR) is 94.5 cm³/mol. The summed E-state index contributed by atoms with van der Waals surface area (Å²) in [6, 6.07) is 13.6. The van der Waals surface area contributed by atoms with Crippen molar-refractivity contribution < 1.29 is 4.79 Å². The Hall–Kier alpha value is -2.31. The monoisotopic (exact) mass is 326 g/mol. The van der Waals surface area contributed by atoms with Gasteiger partial charge in [0, 0.05) is 12.2 Å². The van der Waals surface area contributed by atoms with Crippen LogP contribution in [0.1, 0.15) is 11.1 Å². The van der Waals surface area contributed by atoms with E-state index < -0.39 is 0 Å². The molecular formula is C17H18N4OS. The summed E-state index contributed by atoms with van der Waals surface area (Å²) in [5, 5.41) is 3.62. The largest absolute Gasteiger partial charge is 0.333 e. The number of hydrogen-bond acceptors (Lipinski definition) is 4. The molecule has 0 aliphatic carbocycles. The molecule has 0 saturated carbocycles. The maximum Gasteiger partial charge on any atom is 0.234 e. The number of nitrogens with one attached hydrogen (secondary N) is 2. The molecule has 0 unspecified atom stereocenters. The van der Waals surface area contributed by atoms with Crippen LogP contribution in [-0.2, 0) is 11.3 Å². The number of nitrogens with zero attached hydrogens (tertiary/aromatic N) is 1. The third kappa shape index (κ3) is 3.91. The summed E-state index contributed by atoms with van der Waals surface area (Å²) < 4.78 is 0. The Balaban J connectivity index is 1.61. The molecule has 6 heteroatoms. The molecule has 1 heterocycles. The second-order valence-electron chi connectivity index (χ2n) is 5.30. The number of hydrogen-bond donors (Lipinski definition) is 3. The van der Waals surface area contributed by atoms with Crippen LogP contribution in [-0.4, -0.2) is 21.6 Å². The van der Waals surface area contributed by atoms with Crippen LogP contribution in [0.3, 0.4) is 0 Å². The minimum absolute atomic E-state index is 0.0687. The number of H-pyrrole nitrogens is 1. The van der Waals surface area contributed by atoms with E-state index >= 15 is 0 Å². The smallest absolute Gasteiger partial charge is 0.234 e. The van der Waals surface area contributed by atoms with Gasteiger partial charge in [0.2, 0.25) is 5.91 Å². The zero-order chi connectivity index (χ0) is 16.2. The van der Waals surface area contributed by atoms with Gasteiger partial charge in [-0.2, -0.15) is 0 Å². The van der Waals surface area contributed by atoms with Crippen LogP contribution in [0.2, 0.25) is 0 Å². The molecule has 0 saturated heterocycles. The number of carbonyl (C=O) groups is 1. The van der Waals surface area contributed by atoms with Crippen LogP contribution >= 0.6 is 11.8 Å². The fourth-order valence-electron chi connectivity index (χ4n) is 2.28. The number of fused-ring (bicyclic) bond motifs is 1. The number of aromatic nitrogens is 2. The third-order valence-corrected chi connectivity index (χ3v) is 4.28. The van der Waals surface area contributed by atoms with E-state index in [0.29, 0.717) is 12.3 Å². The highest BCUT2D eigenvalue weighted by molar-refractivity contribution is 7.99. The van der Waals surface area contributed by atoms with Crippen LogP contribution in [0.25, 0.3) is 11.0 Å². The molecule has 0 aliphatic heterocycles. The zero-order valence-electron chi connectivity index (χ0n) is 12.8. The van der Waals surface area contributed by atoms with Crippen molar-refractivity contribution in [2.45, 2.75) is 18.6 Å². The number of anilines is 1. The van der Waals surface area contributed by atoms with Crippen LogP contribution < -0.4 is 11.1 Å². The highest BCUT2D eigenvalue weighted by Crippen LogP contribution is 2.20. The van der Waals surface area contributed by atoms with E-state index in [1.807, 2.05) is 49.4 Å². The molecule has 0 aliphatic rings. The zero-order valence-corrected chi connectivity index (χ0v) is 13.6. The molecule has 0 fully saturated rings. The summed E-state index contributed by atoms with van der Waals surface area (Å²) in [5.41, 5.74) is 10.4. The first-order chi connectivity index (χ1) is 11.1. The summed E-state index contributed by atoms with van der Waals surface area (Å²) >= 11 is 1.39. The van der Waals surface area contributed by atoms with Crippen molar-refractivity contribution in [3.63, 3.8) is 0 Å². The van der Waals surface area contributed by atoms with Crippen LogP contribution in [0.4, 0.5) is 5.69 Å². The van der Waals surface area contributed by atoms with Crippen molar-refractivity contribution in [2.75, 3.05) is 11.1 Å². The Morgan fingerprint density at radius 3 is 3.00 bits per heavy atom. The van der Waals surface area contributed by atoms with E-state index in [0.717, 1.165) is 27.4 Å². The Kier molecular flexibility index (Phi) is 4.64. The van der Waals surface area contributed by atoms with Gasteiger partial charge in [0.05, 0.1) is 16.8 Å². The molecule has 1 aromatic heterocycles. The minimum atomic E-state index is -0.0687. The van der Waals surface area contributed by atoms with Gasteiger partial charge in [0.15, 0.2) is 5.16 Å². The second-order valence-corrected chi connectivity index (χ2v) is 6.27. The van der Waals surface area contributed by atoms with Gasteiger partial charge in [0.25, 0.3) is 0 Å². The second kappa shape index (κ2) is 6.85. The number of carbonyl (C=O) groups excluding carboxylic acids is 1. The molecule has 23 heavy (non-hydrogen) atoms. The molecule has 1 amide bonds. The van der Waals surface area contributed by atoms with Crippen LogP contribution in [0, 0.1) is 6.92 Å². The highest BCUT2D eigenvalue weighted by Gasteiger charge is 2.08. The molecule has 3 aromatic rings. The lowest BCUT2D eigenvalue weighted by molar-refractivity contribution is -0.113. The summed E-state index contributed by atoms with van der Waals surface area (Å²) in [5.74, 6) is 0.229. The number of aryl methyl sites for hydroxylation is 1. The molecule has 118 valence electrons. The van der Waals surface area contributed by atoms with E-state index in [1.54, 1.807) is 0 Å². The fourth-order valence-corrected chi connectivity index (χ4v) is 2.96. The number of aromatic amines is 1. The van der Waals surface area contributed by atoms with Crippen LogP contribution in [0.5, 0.6) is 0 Å². The van der Waals surface area contributed by atoms with Gasteiger partial charge in [-0.25, -0.2) is 4.98 Å². The number of rotatable bonds is 5. The van der Waals surface area contributed by atoms with Gasteiger partial charge in [-0.15, -0.1) is 0 Å². The standard InChI is InChI=1S/C17H18N4OS/c1-11-5-6-14-15(7-11)21-17(20-14)23-10-16(22)19-13-4-2-3-12(8-13)9-18/h2-8H,9-10,18H2,1H3,(H,19,22)(H,20,21). The first-order valence-electron chi connectivity index (χ1n) is 7.32. The van der Waals surface area contributed by atoms with Crippen molar-refractivity contribution in [3.8, 4) is 0 Å². The summed E-state index contributed by atoms with van der Waals surface area (Å²) in [6.07, 6.45) is 0. The quantitative estimate of drug-likeness (QED) is 0.629. The number of benzene rings is 2. The van der Waals surface area contributed by atoms with E-state index in [1.165, 1.54) is 17.3 Å². The minimum Gasteiger partial charge on any atom is -0.333 e. The number of nitrogens with two attached hydrogens (primary N) is 1. The predicted octanol–water partition coefficient (Wildman–Crippen LogP) is 3.06. The van der Waals surface area contributed by atoms with Crippen molar-refractivity contribution in [1.29, 1.82) is 0 Å². The maximum atomic E-state index is 12.0. The van der Waals surface area contributed by atoms with Gasteiger partial charge >= 0.3 is 0 Å². The lowest BCUT2D eigenvalue weighted by atomic mass is 10.2. The molecule has 5 nitrogen and oxygen atoms in total. The summed E-state index contributed by atoms with van der Waals surface area (Å²) in [7, 11) is 0. The van der Waals surface area contributed by atoms with Crippen molar-refractivity contribution in [1.82, 2.24) is 9.97 Å². The van der Waals surface area contributed by atoms with E-state index in [2.05, 4.69) is 15.3 Å². The summed E-state index contributed by atoms with van der Waals surface area (Å²) in [6.45, 7) is 2.49. The molecule has 0 atom stereocenters. The maximum absolute atomic E-state index is 12.0. The molecule has 0 spiro atoms. The highest BCUT2D eigenvalue weighted by atomic mass is 32.2. The van der Waals surface area contributed by atoms with Crippen molar-refractivity contribution >= 4 is 34.4 Å². The lowest BCUT2D eigenvalue weighted by Crippen LogP contribution is -2.14. The van der Waals surface area contributed by atoms with Gasteiger partial charge in [0.1, 0.15) is 0 Å². The molecule has 3 rings (SSSR count). The van der Waals surface area contributed by atoms with E-state index in [4.69, 9.17) is 5.73 Å². The van der Waals surface area contributed by atoms with Gasteiger partial charge in [-0.1, -0.05) is 30.0 Å². The molecule has 2 aromatic carbocycles. The van der Waals surface area contributed by atoms with E-state index in [9.17, 15) is 4.79 Å². The Morgan fingerprint density at radius 2 is 2.17 bits per heavy atom. The topological polar surface area (TPSA) is 83.8 Å². The molecule has 0 bridgehead atoms. The fraction of sp³-hybridized carbons (Fsp3) is 0.176. The van der Waals surface area contributed by atoms with Gasteiger partial charge in [-0.3, -0.25) is 4.79 Å². The van der Waals surface area contributed by atoms with Gasteiger partial charge < -0.3 is 16.0 Å². The Morgan fingerprint density at radius 1 is 1.30 bits per heavy atom. The SMILES string of the molecule is Cc1ccc2nc(SCC(=O)Nc3cccc(CN)c3)[nH]c2c1. The Bertz CT molecular complexity index is 843. The van der Waals surface area contributed by atoms with Crippen LogP contribution in [0.15, 0.2) is 47.6 Å². The number of thioether (sulfide) groups is 1. The molecule has 0 radical (unpaired) electrons. The normalized spacial score (nSPS) is 10.9. The average Bonchev–Trinajstić information content (AvgIpc) is 2.95. The lowest BCUT2D eigenvalue weighted by Gasteiger charge is -2.05. The average molecular weight is 326 g/mol.